The summed E-state index contributed by atoms with van der Waals surface area (Å²) >= 11 is 1.74. The van der Waals surface area contributed by atoms with Gasteiger partial charge in [0.05, 0.1) is 12.3 Å². The minimum absolute atomic E-state index is 0.118. The van der Waals surface area contributed by atoms with Crippen molar-refractivity contribution in [3.8, 4) is 16.3 Å². The van der Waals surface area contributed by atoms with Gasteiger partial charge in [-0.2, -0.15) is 0 Å². The van der Waals surface area contributed by atoms with Gasteiger partial charge in [-0.1, -0.05) is 44.2 Å². The molecule has 2 aromatic carbocycles. The summed E-state index contributed by atoms with van der Waals surface area (Å²) in [4.78, 5) is 17.4. The van der Waals surface area contributed by atoms with E-state index in [1.807, 2.05) is 12.1 Å². The number of ether oxygens (including phenoxy) is 2. The van der Waals surface area contributed by atoms with Gasteiger partial charge in [-0.15, -0.1) is 11.3 Å². The lowest BCUT2D eigenvalue weighted by atomic mass is 10.0. The molecule has 0 saturated heterocycles. The Labute approximate surface area is 188 Å². The van der Waals surface area contributed by atoms with Gasteiger partial charge < -0.3 is 9.47 Å². The highest BCUT2D eigenvalue weighted by Crippen LogP contribution is 2.36. The molecule has 0 aliphatic heterocycles. The standard InChI is InChI=1S/C26H29NO3S/c1-16(2)19-5-7-20(8-6-19)26-27-24(17(3)31-26)13-14-29-22-10-11-23-21(15-22)9-12-25(23)30-18(4)28/h5-8,10-11,15-16,25H,9,12-14H2,1-4H3. The Morgan fingerprint density at radius 1 is 1.19 bits per heavy atom. The average molecular weight is 436 g/mol. The van der Waals surface area contributed by atoms with Crippen LogP contribution in [0.1, 0.15) is 66.5 Å². The molecule has 1 heterocycles. The number of thiazole rings is 1. The minimum Gasteiger partial charge on any atom is -0.493 e. The third-order valence-corrected chi connectivity index (χ3v) is 6.83. The fourth-order valence-corrected chi connectivity index (χ4v) is 4.99. The van der Waals surface area contributed by atoms with Crippen molar-refractivity contribution in [2.45, 2.75) is 59.0 Å². The van der Waals surface area contributed by atoms with Crippen LogP contribution >= 0.6 is 11.3 Å². The van der Waals surface area contributed by atoms with Crippen LogP contribution in [0.5, 0.6) is 5.75 Å². The first kappa shape index (κ1) is 21.6. The fourth-order valence-electron chi connectivity index (χ4n) is 4.03. The minimum atomic E-state index is -0.230. The molecule has 0 amide bonds. The van der Waals surface area contributed by atoms with Crippen LogP contribution in [-0.2, 0) is 22.4 Å². The molecule has 1 aliphatic carbocycles. The van der Waals surface area contributed by atoms with E-state index in [9.17, 15) is 4.79 Å². The number of hydrogen-bond acceptors (Lipinski definition) is 5. The maximum atomic E-state index is 11.3. The molecule has 0 spiro atoms. The predicted molar refractivity (Wildman–Crippen MR) is 125 cm³/mol. The van der Waals surface area contributed by atoms with Gasteiger partial charge in [-0.05, 0) is 54.5 Å². The number of esters is 1. The molecule has 0 N–H and O–H groups in total. The van der Waals surface area contributed by atoms with E-state index in [4.69, 9.17) is 14.5 Å². The van der Waals surface area contributed by atoms with Gasteiger partial charge in [-0.25, -0.2) is 4.98 Å². The molecule has 0 radical (unpaired) electrons. The zero-order valence-corrected chi connectivity index (χ0v) is 19.4. The number of benzene rings is 2. The summed E-state index contributed by atoms with van der Waals surface area (Å²) in [7, 11) is 0. The van der Waals surface area contributed by atoms with E-state index >= 15 is 0 Å². The molecular weight excluding hydrogens is 406 g/mol. The molecule has 1 aromatic heterocycles. The Morgan fingerprint density at radius 3 is 2.68 bits per heavy atom. The monoisotopic (exact) mass is 435 g/mol. The smallest absolute Gasteiger partial charge is 0.303 e. The molecule has 5 heteroatoms. The van der Waals surface area contributed by atoms with Crippen molar-refractivity contribution in [3.63, 3.8) is 0 Å². The Hall–Kier alpha value is -2.66. The number of carbonyl (C=O) groups excluding carboxylic acids is 1. The van der Waals surface area contributed by atoms with E-state index < -0.39 is 0 Å². The summed E-state index contributed by atoms with van der Waals surface area (Å²) in [6.45, 7) is 8.59. The number of nitrogens with zero attached hydrogens (tertiary/aromatic N) is 1. The lowest BCUT2D eigenvalue weighted by molar-refractivity contribution is -0.146. The van der Waals surface area contributed by atoms with Crippen LogP contribution in [0.2, 0.25) is 0 Å². The van der Waals surface area contributed by atoms with Gasteiger partial charge >= 0.3 is 5.97 Å². The van der Waals surface area contributed by atoms with Crippen LogP contribution in [0.3, 0.4) is 0 Å². The molecule has 0 fully saturated rings. The molecular formula is C26H29NO3S. The highest BCUT2D eigenvalue weighted by atomic mass is 32.1. The van der Waals surface area contributed by atoms with Crippen molar-refractivity contribution in [2.24, 2.45) is 0 Å². The number of fused-ring (bicyclic) bond motifs is 1. The third-order valence-electron chi connectivity index (χ3n) is 5.77. The number of rotatable bonds is 7. The zero-order valence-electron chi connectivity index (χ0n) is 18.6. The fraction of sp³-hybridized carbons (Fsp3) is 0.385. The average Bonchev–Trinajstić information content (AvgIpc) is 3.31. The first-order valence-electron chi connectivity index (χ1n) is 10.9. The Bertz CT molecular complexity index is 1070. The van der Waals surface area contributed by atoms with E-state index in [-0.39, 0.29) is 12.1 Å². The summed E-state index contributed by atoms with van der Waals surface area (Å²) in [6.07, 6.45) is 2.41. The number of aromatic nitrogens is 1. The van der Waals surface area contributed by atoms with E-state index in [0.29, 0.717) is 12.5 Å². The second-order valence-corrected chi connectivity index (χ2v) is 9.60. The lowest BCUT2D eigenvalue weighted by Crippen LogP contribution is -2.05. The van der Waals surface area contributed by atoms with Crippen molar-refractivity contribution in [2.75, 3.05) is 6.61 Å². The maximum Gasteiger partial charge on any atom is 0.303 e. The summed E-state index contributed by atoms with van der Waals surface area (Å²) < 4.78 is 11.4. The van der Waals surface area contributed by atoms with Crippen LogP contribution in [0, 0.1) is 6.92 Å². The van der Waals surface area contributed by atoms with E-state index in [1.54, 1.807) is 11.3 Å². The molecule has 0 bridgehead atoms. The largest absolute Gasteiger partial charge is 0.493 e. The molecule has 4 nitrogen and oxygen atoms in total. The molecule has 1 atom stereocenters. The third kappa shape index (κ3) is 4.99. The maximum absolute atomic E-state index is 11.3. The Morgan fingerprint density at radius 2 is 1.97 bits per heavy atom. The summed E-state index contributed by atoms with van der Waals surface area (Å²) in [6, 6.07) is 14.8. The van der Waals surface area contributed by atoms with Crippen LogP contribution in [0.25, 0.3) is 10.6 Å². The molecule has 1 unspecified atom stereocenters. The molecule has 31 heavy (non-hydrogen) atoms. The Balaban J connectivity index is 1.37. The van der Waals surface area contributed by atoms with Gasteiger partial charge in [0.1, 0.15) is 16.9 Å². The van der Waals surface area contributed by atoms with Crippen molar-refractivity contribution < 1.29 is 14.3 Å². The summed E-state index contributed by atoms with van der Waals surface area (Å²) in [5.41, 5.74) is 5.93. The second-order valence-electron chi connectivity index (χ2n) is 8.39. The summed E-state index contributed by atoms with van der Waals surface area (Å²) in [5, 5.41) is 1.07. The molecule has 1 aliphatic rings. The number of hydrogen-bond donors (Lipinski definition) is 0. The zero-order chi connectivity index (χ0) is 22.0. The van der Waals surface area contributed by atoms with Crippen LogP contribution in [0.4, 0.5) is 0 Å². The van der Waals surface area contributed by atoms with Crippen molar-refractivity contribution >= 4 is 17.3 Å². The second kappa shape index (κ2) is 9.23. The molecule has 3 aromatic rings. The molecule has 4 rings (SSSR count). The van der Waals surface area contributed by atoms with Gasteiger partial charge in [0.15, 0.2) is 0 Å². The first-order valence-corrected chi connectivity index (χ1v) is 11.7. The topological polar surface area (TPSA) is 48.4 Å². The first-order chi connectivity index (χ1) is 14.9. The van der Waals surface area contributed by atoms with Crippen LogP contribution in [-0.4, -0.2) is 17.6 Å². The normalized spacial score (nSPS) is 15.2. The van der Waals surface area contributed by atoms with E-state index in [2.05, 4.69) is 51.1 Å². The van der Waals surface area contributed by atoms with Crippen LogP contribution in [0.15, 0.2) is 42.5 Å². The number of carbonyl (C=O) groups is 1. The van der Waals surface area contributed by atoms with Crippen molar-refractivity contribution in [3.05, 3.63) is 69.7 Å². The van der Waals surface area contributed by atoms with Gasteiger partial charge in [-0.3, -0.25) is 4.79 Å². The van der Waals surface area contributed by atoms with Crippen LogP contribution < -0.4 is 4.74 Å². The van der Waals surface area contributed by atoms with Crippen molar-refractivity contribution in [1.82, 2.24) is 4.98 Å². The van der Waals surface area contributed by atoms with E-state index in [0.717, 1.165) is 41.3 Å². The number of aryl methyl sites for hydroxylation is 2. The summed E-state index contributed by atoms with van der Waals surface area (Å²) in [5.74, 6) is 1.17. The van der Waals surface area contributed by atoms with E-state index in [1.165, 1.54) is 28.5 Å². The van der Waals surface area contributed by atoms with Gasteiger partial charge in [0, 0.05) is 23.8 Å². The quantitative estimate of drug-likeness (QED) is 0.402. The molecule has 0 saturated carbocycles. The van der Waals surface area contributed by atoms with Gasteiger partial charge in [0.2, 0.25) is 0 Å². The van der Waals surface area contributed by atoms with Crippen molar-refractivity contribution in [1.29, 1.82) is 0 Å². The SMILES string of the molecule is CC(=O)OC1CCc2cc(OCCc3nc(-c4ccc(C(C)C)cc4)sc3C)ccc21. The highest BCUT2D eigenvalue weighted by Gasteiger charge is 2.25. The highest BCUT2D eigenvalue weighted by molar-refractivity contribution is 7.15. The molecule has 162 valence electrons. The predicted octanol–water partition coefficient (Wildman–Crippen LogP) is 6.41. The lowest BCUT2D eigenvalue weighted by Gasteiger charge is -2.12. The van der Waals surface area contributed by atoms with Gasteiger partial charge in [0.25, 0.3) is 0 Å². The Kier molecular flexibility index (Phi) is 6.42.